The number of hydrogen-bond donors (Lipinski definition) is 2. The summed E-state index contributed by atoms with van der Waals surface area (Å²) in [4.78, 5) is 51.4. The first kappa shape index (κ1) is 27.0. The summed E-state index contributed by atoms with van der Waals surface area (Å²) in [6, 6.07) is 14.0. The van der Waals surface area contributed by atoms with Gasteiger partial charge in [-0.2, -0.15) is 4.39 Å². The number of H-pyrrole nitrogens is 1. The van der Waals surface area contributed by atoms with Crippen LogP contribution in [0.15, 0.2) is 78.2 Å². The molecule has 0 radical (unpaired) electrons. The van der Waals surface area contributed by atoms with Crippen LogP contribution < -0.4 is 15.8 Å². The summed E-state index contributed by atoms with van der Waals surface area (Å²) in [6.07, 6.45) is 8.10. The third-order valence-corrected chi connectivity index (χ3v) is 8.70. The molecule has 0 saturated carbocycles. The molecule has 8 rings (SSSR count). The number of para-hydroxylation sites is 1. The second-order valence-corrected chi connectivity index (χ2v) is 11.5. The van der Waals surface area contributed by atoms with Crippen molar-refractivity contribution in [2.75, 3.05) is 30.4 Å². The van der Waals surface area contributed by atoms with Crippen molar-refractivity contribution in [2.45, 2.75) is 31.5 Å². The smallest absolute Gasteiger partial charge is 0.261 e. The first-order valence-electron chi connectivity index (χ1n) is 14.9. The SMILES string of the molecule is CN1CCCn2cnc3cccc(c32)-c2cccc(n2)N[C@H]2C[C@@H](C1=O)N(c1nccn3c(-c4ccc(F)[nH]c4=O)ncc13)C2. The van der Waals surface area contributed by atoms with Crippen molar-refractivity contribution in [1.82, 2.24) is 38.8 Å². The maximum absolute atomic E-state index is 14.1. The van der Waals surface area contributed by atoms with Gasteiger partial charge in [0, 0.05) is 50.7 Å². The predicted octanol–water partition coefficient (Wildman–Crippen LogP) is 3.56. The predicted molar refractivity (Wildman–Crippen MR) is 167 cm³/mol. The summed E-state index contributed by atoms with van der Waals surface area (Å²) in [7, 11) is 1.84. The van der Waals surface area contributed by atoms with Crippen LogP contribution in [-0.4, -0.2) is 76.9 Å². The summed E-state index contributed by atoms with van der Waals surface area (Å²) < 4.78 is 17.5. The van der Waals surface area contributed by atoms with Crippen molar-refractivity contribution in [3.63, 3.8) is 0 Å². The van der Waals surface area contributed by atoms with Crippen LogP contribution in [0, 0.1) is 5.95 Å². The standard InChI is InChI=1S/C32H29FN10O2/c1-40-12-4-13-41-18-36-23-7-2-5-20(28(23)41)22-6-3-8-27(38-22)37-19-15-24(32(40)45)43(17-19)30-25-16-35-29(42(25)14-11-34-30)21-9-10-26(33)39-31(21)44/h2-3,5-11,14,16,18-19,24H,4,12-13,15,17H2,1H3,(H,37,38)(H,39,44)/t19-,24-/m0/s1. The van der Waals surface area contributed by atoms with Crippen LogP contribution in [-0.2, 0) is 11.3 Å². The number of pyridine rings is 2. The molecule has 7 heterocycles. The number of aromatic nitrogens is 7. The topological polar surface area (TPSA) is 129 Å². The molecule has 226 valence electrons. The maximum atomic E-state index is 14.1. The van der Waals surface area contributed by atoms with E-state index in [1.165, 1.54) is 12.1 Å². The number of aromatic amines is 1. The largest absolute Gasteiger partial charge is 0.365 e. The Morgan fingerprint density at radius 3 is 2.76 bits per heavy atom. The Balaban J connectivity index is 1.19. The number of halogens is 1. The van der Waals surface area contributed by atoms with E-state index in [2.05, 4.69) is 30.9 Å². The average molecular weight is 605 g/mol. The van der Waals surface area contributed by atoms with Crippen LogP contribution in [0.4, 0.5) is 16.0 Å². The number of rotatable bonds is 2. The van der Waals surface area contributed by atoms with Gasteiger partial charge in [0.1, 0.15) is 23.2 Å². The number of benzene rings is 1. The zero-order valence-corrected chi connectivity index (χ0v) is 24.4. The van der Waals surface area contributed by atoms with Gasteiger partial charge in [-0.05, 0) is 43.2 Å². The van der Waals surface area contributed by atoms with Crippen LogP contribution in [0.25, 0.3) is 39.2 Å². The number of aryl methyl sites for hydroxylation is 1. The third kappa shape index (κ3) is 4.58. The van der Waals surface area contributed by atoms with Gasteiger partial charge in [0.25, 0.3) is 5.56 Å². The molecule has 12 nitrogen and oxygen atoms in total. The molecule has 0 spiro atoms. The van der Waals surface area contributed by atoms with Gasteiger partial charge >= 0.3 is 0 Å². The Morgan fingerprint density at radius 2 is 1.87 bits per heavy atom. The number of anilines is 2. The Hall–Kier alpha value is -5.59. The van der Waals surface area contributed by atoms with Gasteiger partial charge in [-0.3, -0.25) is 19.0 Å². The van der Waals surface area contributed by atoms with Crippen molar-refractivity contribution in [3.05, 3.63) is 89.8 Å². The number of nitrogens with zero attached hydrogens (tertiary/aromatic N) is 8. The number of fused-ring (bicyclic) bond motifs is 6. The van der Waals surface area contributed by atoms with E-state index < -0.39 is 17.5 Å². The zero-order chi connectivity index (χ0) is 30.7. The summed E-state index contributed by atoms with van der Waals surface area (Å²) in [6.45, 7) is 1.75. The van der Waals surface area contributed by atoms with Crippen LogP contribution in [0.1, 0.15) is 12.8 Å². The van der Waals surface area contributed by atoms with Gasteiger partial charge in [0.2, 0.25) is 5.91 Å². The molecule has 13 heteroatoms. The van der Waals surface area contributed by atoms with Gasteiger partial charge in [-0.25, -0.2) is 19.9 Å². The highest BCUT2D eigenvalue weighted by molar-refractivity contribution is 5.91. The highest BCUT2D eigenvalue weighted by atomic mass is 19.1. The Bertz CT molecular complexity index is 2150. The van der Waals surface area contributed by atoms with Gasteiger partial charge in [0.05, 0.1) is 34.8 Å². The molecule has 5 aromatic heterocycles. The molecule has 4 bridgehead atoms. The van der Waals surface area contributed by atoms with Gasteiger partial charge in [0.15, 0.2) is 11.8 Å². The lowest BCUT2D eigenvalue weighted by atomic mass is 10.1. The molecule has 0 unspecified atom stereocenters. The first-order chi connectivity index (χ1) is 21.9. The van der Waals surface area contributed by atoms with E-state index in [1.54, 1.807) is 27.9 Å². The molecule has 0 aliphatic carbocycles. The second-order valence-electron chi connectivity index (χ2n) is 11.5. The molecule has 2 N–H and O–H groups in total. The minimum Gasteiger partial charge on any atom is -0.365 e. The number of imidazole rings is 2. The number of amides is 1. The number of likely N-dealkylation sites (N-methyl/N-ethyl adjacent to an activating group) is 1. The van der Waals surface area contributed by atoms with Crippen molar-refractivity contribution >= 4 is 34.1 Å². The average Bonchev–Trinajstić information content (AvgIpc) is 3.78. The van der Waals surface area contributed by atoms with E-state index >= 15 is 0 Å². The van der Waals surface area contributed by atoms with E-state index in [4.69, 9.17) is 9.97 Å². The maximum Gasteiger partial charge on any atom is 0.261 e. The molecular formula is C32H29FN10O2. The van der Waals surface area contributed by atoms with Gasteiger partial charge in [-0.15, -0.1) is 0 Å². The molecule has 2 aliphatic heterocycles. The van der Waals surface area contributed by atoms with Crippen LogP contribution in [0.5, 0.6) is 0 Å². The lowest BCUT2D eigenvalue weighted by molar-refractivity contribution is -0.131. The minimum absolute atomic E-state index is 0.00872. The summed E-state index contributed by atoms with van der Waals surface area (Å²) >= 11 is 0. The molecular weight excluding hydrogens is 575 g/mol. The summed E-state index contributed by atoms with van der Waals surface area (Å²) in [5.74, 6) is 0.911. The monoisotopic (exact) mass is 604 g/mol. The van der Waals surface area contributed by atoms with Gasteiger partial charge in [-0.1, -0.05) is 18.2 Å². The van der Waals surface area contributed by atoms with E-state index in [0.29, 0.717) is 49.0 Å². The summed E-state index contributed by atoms with van der Waals surface area (Å²) in [5.41, 5.74) is 4.06. The van der Waals surface area contributed by atoms with Crippen molar-refractivity contribution < 1.29 is 9.18 Å². The highest BCUT2D eigenvalue weighted by Crippen LogP contribution is 2.33. The van der Waals surface area contributed by atoms with Crippen molar-refractivity contribution in [2.24, 2.45) is 0 Å². The van der Waals surface area contributed by atoms with Crippen LogP contribution >= 0.6 is 0 Å². The highest BCUT2D eigenvalue weighted by Gasteiger charge is 2.40. The lowest BCUT2D eigenvalue weighted by Gasteiger charge is -2.29. The Labute approximate surface area is 256 Å². The fourth-order valence-corrected chi connectivity index (χ4v) is 6.59. The minimum atomic E-state index is -0.721. The fraction of sp³-hybridized carbons (Fsp3) is 0.250. The van der Waals surface area contributed by atoms with E-state index in [-0.39, 0.29) is 17.5 Å². The fourth-order valence-electron chi connectivity index (χ4n) is 6.59. The molecule has 2 atom stereocenters. The molecule has 2 aliphatic rings. The molecule has 1 fully saturated rings. The van der Waals surface area contributed by atoms with Crippen molar-refractivity contribution in [1.29, 1.82) is 0 Å². The second kappa shape index (κ2) is 10.5. The molecule has 6 aromatic rings. The third-order valence-electron chi connectivity index (χ3n) is 8.70. The zero-order valence-electron chi connectivity index (χ0n) is 24.4. The lowest BCUT2D eigenvalue weighted by Crippen LogP contribution is -2.45. The Morgan fingerprint density at radius 1 is 0.978 bits per heavy atom. The molecule has 1 saturated heterocycles. The van der Waals surface area contributed by atoms with E-state index in [1.807, 2.05) is 48.6 Å². The molecule has 1 amide bonds. The number of carbonyl (C=O) groups excluding carboxylic acids is 1. The molecule has 1 aromatic carbocycles. The van der Waals surface area contributed by atoms with Crippen molar-refractivity contribution in [3.8, 4) is 22.6 Å². The van der Waals surface area contributed by atoms with E-state index in [0.717, 1.165) is 28.7 Å². The number of carbonyl (C=O) groups is 1. The van der Waals surface area contributed by atoms with E-state index in [9.17, 15) is 14.0 Å². The number of nitrogens with one attached hydrogen (secondary N) is 2. The number of hydrogen-bond acceptors (Lipinski definition) is 8. The quantitative estimate of drug-likeness (QED) is 0.287. The molecule has 45 heavy (non-hydrogen) atoms. The van der Waals surface area contributed by atoms with Crippen LogP contribution in [0.3, 0.4) is 0 Å². The summed E-state index contributed by atoms with van der Waals surface area (Å²) in [5, 5.41) is 3.58. The first-order valence-corrected chi connectivity index (χ1v) is 14.9. The Kier molecular flexibility index (Phi) is 6.32. The van der Waals surface area contributed by atoms with Crippen LogP contribution in [0.2, 0.25) is 0 Å². The van der Waals surface area contributed by atoms with Gasteiger partial charge < -0.3 is 19.7 Å². The normalized spacial score (nSPS) is 18.7.